The molecule has 0 N–H and O–H groups in total. The summed E-state index contributed by atoms with van der Waals surface area (Å²) in [6.45, 7) is 0.534. The van der Waals surface area contributed by atoms with Gasteiger partial charge in [-0.3, -0.25) is 4.98 Å². The van der Waals surface area contributed by atoms with E-state index in [1.165, 1.54) is 13.3 Å². The third kappa shape index (κ3) is 2.99. The van der Waals surface area contributed by atoms with Crippen molar-refractivity contribution in [2.24, 2.45) is 0 Å². The molecular weight excluding hydrogens is 250 g/mol. The van der Waals surface area contributed by atoms with Crippen LogP contribution in [0.4, 0.5) is 0 Å². The van der Waals surface area contributed by atoms with Crippen LogP contribution < -0.4 is 4.74 Å². The molecule has 0 saturated carbocycles. The van der Waals surface area contributed by atoms with E-state index in [-0.39, 0.29) is 0 Å². The highest BCUT2D eigenvalue weighted by Gasteiger charge is 2.06. The van der Waals surface area contributed by atoms with Crippen molar-refractivity contribution in [1.29, 1.82) is 0 Å². The number of aromatic nitrogens is 1. The van der Waals surface area contributed by atoms with Crippen molar-refractivity contribution in [2.45, 2.75) is 0 Å². The number of ether oxygens (including phenoxy) is 2. The molecule has 0 atom stereocenters. The van der Waals surface area contributed by atoms with Gasteiger partial charge in [0.2, 0.25) is 0 Å². The molecule has 1 aromatic heterocycles. The number of rotatable bonds is 4. The number of carbonyl (C=O) groups is 1. The lowest BCUT2D eigenvalue weighted by Crippen LogP contribution is -2.04. The second-order valence-electron chi connectivity index (χ2n) is 2.44. The standard InChI is InChI=1S/C9H10BrNO3/c1-13-9(12)7-4-8(6-11-5-7)14-3-2-10/h4-6H,2-3H2,1H3. The highest BCUT2D eigenvalue weighted by molar-refractivity contribution is 9.09. The van der Waals surface area contributed by atoms with E-state index in [1.807, 2.05) is 0 Å². The second kappa shape index (κ2) is 5.59. The first-order chi connectivity index (χ1) is 6.77. The van der Waals surface area contributed by atoms with E-state index < -0.39 is 5.97 Å². The largest absolute Gasteiger partial charge is 0.491 e. The van der Waals surface area contributed by atoms with Crippen LogP contribution in [-0.2, 0) is 4.74 Å². The Morgan fingerprint density at radius 1 is 1.57 bits per heavy atom. The monoisotopic (exact) mass is 259 g/mol. The SMILES string of the molecule is COC(=O)c1cncc(OCCBr)c1. The molecule has 0 aliphatic carbocycles. The Morgan fingerprint density at radius 3 is 3.00 bits per heavy atom. The molecule has 76 valence electrons. The summed E-state index contributed by atoms with van der Waals surface area (Å²) in [5.74, 6) is 0.147. The summed E-state index contributed by atoms with van der Waals surface area (Å²) in [4.78, 5) is 15.0. The minimum absolute atomic E-state index is 0.388. The molecule has 0 radical (unpaired) electrons. The molecule has 0 bridgehead atoms. The average molecular weight is 260 g/mol. The summed E-state index contributed by atoms with van der Waals surface area (Å²) in [5.41, 5.74) is 0.388. The van der Waals surface area contributed by atoms with Crippen molar-refractivity contribution in [2.75, 3.05) is 19.0 Å². The molecule has 1 heterocycles. The zero-order chi connectivity index (χ0) is 10.4. The van der Waals surface area contributed by atoms with Crippen molar-refractivity contribution >= 4 is 21.9 Å². The van der Waals surface area contributed by atoms with Gasteiger partial charge in [0.1, 0.15) is 5.75 Å². The third-order valence-electron chi connectivity index (χ3n) is 1.48. The van der Waals surface area contributed by atoms with E-state index in [2.05, 4.69) is 25.7 Å². The van der Waals surface area contributed by atoms with Gasteiger partial charge < -0.3 is 9.47 Å². The van der Waals surface area contributed by atoms with Crippen LogP contribution >= 0.6 is 15.9 Å². The Bertz CT molecular complexity index is 317. The maximum absolute atomic E-state index is 11.1. The van der Waals surface area contributed by atoms with E-state index in [0.717, 1.165) is 5.33 Å². The predicted octanol–water partition coefficient (Wildman–Crippen LogP) is 1.64. The summed E-state index contributed by atoms with van der Waals surface area (Å²) in [6, 6.07) is 1.60. The molecule has 0 fully saturated rings. The van der Waals surface area contributed by atoms with Gasteiger partial charge >= 0.3 is 5.97 Å². The first-order valence-corrected chi connectivity index (χ1v) is 5.12. The molecule has 0 aliphatic rings. The van der Waals surface area contributed by atoms with Crippen LogP contribution in [0.2, 0.25) is 0 Å². The normalized spacial score (nSPS) is 9.57. The van der Waals surface area contributed by atoms with Crippen LogP contribution in [0.15, 0.2) is 18.5 Å². The van der Waals surface area contributed by atoms with Crippen molar-refractivity contribution in [3.05, 3.63) is 24.0 Å². The van der Waals surface area contributed by atoms with Gasteiger partial charge in [0, 0.05) is 11.5 Å². The van der Waals surface area contributed by atoms with E-state index in [1.54, 1.807) is 12.3 Å². The molecule has 14 heavy (non-hydrogen) atoms. The highest BCUT2D eigenvalue weighted by Crippen LogP contribution is 2.11. The quantitative estimate of drug-likeness (QED) is 0.610. The average Bonchev–Trinajstić information content (AvgIpc) is 2.25. The fourth-order valence-electron chi connectivity index (χ4n) is 0.884. The van der Waals surface area contributed by atoms with Gasteiger partial charge in [0.15, 0.2) is 0 Å². The lowest BCUT2D eigenvalue weighted by atomic mass is 10.3. The molecular formula is C9H10BrNO3. The second-order valence-corrected chi connectivity index (χ2v) is 3.23. The molecule has 4 nitrogen and oxygen atoms in total. The first-order valence-electron chi connectivity index (χ1n) is 4.00. The Labute approximate surface area is 90.4 Å². The lowest BCUT2D eigenvalue weighted by molar-refractivity contribution is 0.0599. The van der Waals surface area contributed by atoms with Crippen molar-refractivity contribution in [1.82, 2.24) is 4.98 Å². The van der Waals surface area contributed by atoms with Gasteiger partial charge in [0.25, 0.3) is 0 Å². The number of alkyl halides is 1. The van der Waals surface area contributed by atoms with Gasteiger partial charge in [-0.05, 0) is 6.07 Å². The lowest BCUT2D eigenvalue weighted by Gasteiger charge is -2.04. The minimum Gasteiger partial charge on any atom is -0.491 e. The Balaban J connectivity index is 2.73. The smallest absolute Gasteiger partial charge is 0.339 e. The summed E-state index contributed by atoms with van der Waals surface area (Å²) in [7, 11) is 1.33. The molecule has 0 aliphatic heterocycles. The first kappa shape index (κ1) is 11.0. The number of hydrogen-bond donors (Lipinski definition) is 0. The van der Waals surface area contributed by atoms with Crippen LogP contribution in [0.25, 0.3) is 0 Å². The fourth-order valence-corrected chi connectivity index (χ4v) is 1.05. The summed E-state index contributed by atoms with van der Waals surface area (Å²) in [6.07, 6.45) is 2.99. The van der Waals surface area contributed by atoms with Crippen LogP contribution in [0.5, 0.6) is 5.75 Å². The van der Waals surface area contributed by atoms with Gasteiger partial charge in [-0.15, -0.1) is 0 Å². The number of nitrogens with zero attached hydrogens (tertiary/aromatic N) is 1. The molecule has 0 saturated heterocycles. The highest BCUT2D eigenvalue weighted by atomic mass is 79.9. The Kier molecular flexibility index (Phi) is 4.39. The number of halogens is 1. The summed E-state index contributed by atoms with van der Waals surface area (Å²) in [5, 5.41) is 0.732. The van der Waals surface area contributed by atoms with Crippen LogP contribution in [0.1, 0.15) is 10.4 Å². The van der Waals surface area contributed by atoms with Crippen molar-refractivity contribution in [3.63, 3.8) is 0 Å². The predicted molar refractivity (Wildman–Crippen MR) is 54.9 cm³/mol. The number of pyridine rings is 1. The van der Waals surface area contributed by atoms with E-state index in [0.29, 0.717) is 17.9 Å². The van der Waals surface area contributed by atoms with E-state index in [4.69, 9.17) is 4.74 Å². The molecule has 1 aromatic rings. The topological polar surface area (TPSA) is 48.4 Å². The molecule has 0 amide bonds. The van der Waals surface area contributed by atoms with Crippen LogP contribution in [0, 0.1) is 0 Å². The maximum Gasteiger partial charge on any atom is 0.339 e. The van der Waals surface area contributed by atoms with E-state index >= 15 is 0 Å². The van der Waals surface area contributed by atoms with Crippen molar-refractivity contribution < 1.29 is 14.3 Å². The number of carbonyl (C=O) groups excluding carboxylic acids is 1. The van der Waals surface area contributed by atoms with Gasteiger partial charge in [-0.25, -0.2) is 4.79 Å². The maximum atomic E-state index is 11.1. The van der Waals surface area contributed by atoms with Gasteiger partial charge in [0.05, 0.1) is 25.5 Å². The van der Waals surface area contributed by atoms with Crippen LogP contribution in [0.3, 0.4) is 0 Å². The molecule has 0 spiro atoms. The number of esters is 1. The molecule has 0 unspecified atom stereocenters. The number of hydrogen-bond acceptors (Lipinski definition) is 4. The Morgan fingerprint density at radius 2 is 2.36 bits per heavy atom. The third-order valence-corrected chi connectivity index (χ3v) is 1.80. The Hall–Kier alpha value is -1.10. The zero-order valence-electron chi connectivity index (χ0n) is 7.70. The molecule has 5 heteroatoms. The summed E-state index contributed by atoms with van der Waals surface area (Å²) >= 11 is 3.23. The van der Waals surface area contributed by atoms with Gasteiger partial charge in [-0.2, -0.15) is 0 Å². The van der Waals surface area contributed by atoms with Crippen molar-refractivity contribution in [3.8, 4) is 5.75 Å². The fraction of sp³-hybridized carbons (Fsp3) is 0.333. The minimum atomic E-state index is -0.415. The summed E-state index contributed by atoms with van der Waals surface area (Å²) < 4.78 is 9.83. The molecule has 0 aromatic carbocycles. The molecule has 1 rings (SSSR count). The van der Waals surface area contributed by atoms with Crippen LogP contribution in [-0.4, -0.2) is 30.0 Å². The van der Waals surface area contributed by atoms with Gasteiger partial charge in [-0.1, -0.05) is 15.9 Å². The zero-order valence-corrected chi connectivity index (χ0v) is 9.28. The number of methoxy groups -OCH3 is 1. The van der Waals surface area contributed by atoms with E-state index in [9.17, 15) is 4.79 Å².